The molecule has 1 unspecified atom stereocenters. The van der Waals surface area contributed by atoms with Gasteiger partial charge in [-0.3, -0.25) is 0 Å². The Morgan fingerprint density at radius 3 is 2.62 bits per heavy atom. The Balaban J connectivity index is 2.30. The average Bonchev–Trinajstić information content (AvgIpc) is 2.14. The molecule has 0 aromatic rings. The van der Waals surface area contributed by atoms with Crippen LogP contribution in [0.3, 0.4) is 0 Å². The number of methoxy groups -OCH3 is 1. The van der Waals surface area contributed by atoms with E-state index in [9.17, 15) is 0 Å². The Morgan fingerprint density at radius 2 is 2.38 bits per heavy atom. The van der Waals surface area contributed by atoms with Crippen LogP contribution in [-0.2, 0) is 9.47 Å². The van der Waals surface area contributed by atoms with E-state index in [4.69, 9.17) is 14.6 Å². The summed E-state index contributed by atoms with van der Waals surface area (Å²) >= 11 is 0. The number of hydrogen-bond donors (Lipinski definition) is 1. The third-order valence-corrected chi connectivity index (χ3v) is 1.30. The van der Waals surface area contributed by atoms with Crippen molar-refractivity contribution >= 4 is 0 Å². The van der Waals surface area contributed by atoms with Crippen molar-refractivity contribution in [3.63, 3.8) is 0 Å². The molecule has 0 aromatic carbocycles. The van der Waals surface area contributed by atoms with Crippen molar-refractivity contribution in [2.45, 2.75) is 12.2 Å². The maximum absolute atomic E-state index is 8.94. The van der Waals surface area contributed by atoms with Gasteiger partial charge >= 0.3 is 0 Å². The van der Waals surface area contributed by atoms with Crippen molar-refractivity contribution < 1.29 is 14.6 Å². The van der Waals surface area contributed by atoms with Crippen molar-refractivity contribution in [3.05, 3.63) is 0 Å². The maximum atomic E-state index is 8.94. The van der Waals surface area contributed by atoms with Crippen molar-refractivity contribution in [3.8, 4) is 0 Å². The zero-order chi connectivity index (χ0) is 5.98. The molecule has 1 rings (SSSR count). The fourth-order valence-electron chi connectivity index (χ4n) is 0.748. The van der Waals surface area contributed by atoms with E-state index in [1.54, 1.807) is 7.11 Å². The SMILES string of the molecule is COC1COC[C@@H]1O. The second kappa shape index (κ2) is 2.44. The summed E-state index contributed by atoms with van der Waals surface area (Å²) in [4.78, 5) is 0. The molecule has 48 valence electrons. The van der Waals surface area contributed by atoms with E-state index in [1.165, 1.54) is 0 Å². The highest BCUT2D eigenvalue weighted by Gasteiger charge is 2.25. The minimum atomic E-state index is -0.417. The van der Waals surface area contributed by atoms with Crippen LogP contribution in [0.25, 0.3) is 0 Å². The van der Waals surface area contributed by atoms with E-state index in [2.05, 4.69) is 0 Å². The van der Waals surface area contributed by atoms with Gasteiger partial charge < -0.3 is 14.6 Å². The van der Waals surface area contributed by atoms with E-state index in [0.717, 1.165) is 0 Å². The van der Waals surface area contributed by atoms with Gasteiger partial charge in [-0.25, -0.2) is 0 Å². The molecule has 1 saturated heterocycles. The van der Waals surface area contributed by atoms with Gasteiger partial charge in [0.2, 0.25) is 0 Å². The predicted molar refractivity (Wildman–Crippen MR) is 27.6 cm³/mol. The van der Waals surface area contributed by atoms with Gasteiger partial charge in [0.1, 0.15) is 12.2 Å². The minimum absolute atomic E-state index is 0.102. The van der Waals surface area contributed by atoms with Gasteiger partial charge in [0, 0.05) is 7.11 Å². The molecular formula is C5H10O3. The van der Waals surface area contributed by atoms with Crippen LogP contribution < -0.4 is 0 Å². The van der Waals surface area contributed by atoms with Crippen LogP contribution >= 0.6 is 0 Å². The molecule has 1 heterocycles. The molecule has 0 aromatic heterocycles. The molecule has 0 aliphatic carbocycles. The first kappa shape index (κ1) is 6.01. The average molecular weight is 118 g/mol. The molecule has 3 nitrogen and oxygen atoms in total. The van der Waals surface area contributed by atoms with E-state index in [-0.39, 0.29) is 6.10 Å². The van der Waals surface area contributed by atoms with Gasteiger partial charge in [-0.15, -0.1) is 0 Å². The molecule has 1 aliphatic heterocycles. The van der Waals surface area contributed by atoms with Crippen LogP contribution in [0.15, 0.2) is 0 Å². The summed E-state index contributed by atoms with van der Waals surface area (Å²) in [7, 11) is 1.57. The lowest BCUT2D eigenvalue weighted by atomic mass is 10.3. The van der Waals surface area contributed by atoms with Crippen LogP contribution in [0.4, 0.5) is 0 Å². The van der Waals surface area contributed by atoms with Crippen LogP contribution in [0.5, 0.6) is 0 Å². The third kappa shape index (κ3) is 0.992. The first-order valence-electron chi connectivity index (χ1n) is 2.63. The molecular weight excluding hydrogens is 108 g/mol. The van der Waals surface area contributed by atoms with Gasteiger partial charge in [0.15, 0.2) is 0 Å². The number of aliphatic hydroxyl groups is 1. The molecule has 0 amide bonds. The fourth-order valence-corrected chi connectivity index (χ4v) is 0.748. The standard InChI is InChI=1S/C5H10O3/c1-7-5-3-8-2-4(5)6/h4-6H,2-3H2,1H3/t4-,5?/m0/s1. The quantitative estimate of drug-likeness (QED) is 0.499. The maximum Gasteiger partial charge on any atom is 0.109 e. The molecule has 1 fully saturated rings. The topological polar surface area (TPSA) is 38.7 Å². The first-order valence-corrected chi connectivity index (χ1v) is 2.63. The van der Waals surface area contributed by atoms with Crippen molar-refractivity contribution in [2.24, 2.45) is 0 Å². The van der Waals surface area contributed by atoms with Crippen LogP contribution in [-0.4, -0.2) is 37.6 Å². The lowest BCUT2D eigenvalue weighted by Gasteiger charge is -2.07. The molecule has 0 saturated carbocycles. The van der Waals surface area contributed by atoms with E-state index < -0.39 is 6.10 Å². The van der Waals surface area contributed by atoms with Gasteiger partial charge in [-0.05, 0) is 0 Å². The van der Waals surface area contributed by atoms with Crippen molar-refractivity contribution in [1.29, 1.82) is 0 Å². The summed E-state index contributed by atoms with van der Waals surface area (Å²) in [5.41, 5.74) is 0. The molecule has 3 heteroatoms. The zero-order valence-electron chi connectivity index (χ0n) is 4.83. The summed E-state index contributed by atoms with van der Waals surface area (Å²) in [5, 5.41) is 8.94. The number of hydrogen-bond acceptors (Lipinski definition) is 3. The molecule has 0 radical (unpaired) electrons. The highest BCUT2D eigenvalue weighted by atomic mass is 16.6. The largest absolute Gasteiger partial charge is 0.388 e. The van der Waals surface area contributed by atoms with E-state index in [0.29, 0.717) is 13.2 Å². The van der Waals surface area contributed by atoms with E-state index >= 15 is 0 Å². The first-order chi connectivity index (χ1) is 3.84. The summed E-state index contributed by atoms with van der Waals surface area (Å²) < 4.78 is 9.73. The normalized spacial score (nSPS) is 38.2. The molecule has 1 aliphatic rings. The highest BCUT2D eigenvalue weighted by molar-refractivity contribution is 4.73. The zero-order valence-corrected chi connectivity index (χ0v) is 4.83. The van der Waals surface area contributed by atoms with Gasteiger partial charge in [-0.2, -0.15) is 0 Å². The lowest BCUT2D eigenvalue weighted by molar-refractivity contribution is 0.0209. The fraction of sp³-hybridized carbons (Fsp3) is 1.00. The predicted octanol–water partition coefficient (Wildman–Crippen LogP) is -0.608. The van der Waals surface area contributed by atoms with E-state index in [1.807, 2.05) is 0 Å². The molecule has 2 atom stereocenters. The Kier molecular flexibility index (Phi) is 1.83. The Morgan fingerprint density at radius 1 is 1.62 bits per heavy atom. The summed E-state index contributed by atoms with van der Waals surface area (Å²) in [6.07, 6.45) is -0.519. The summed E-state index contributed by atoms with van der Waals surface area (Å²) in [5.74, 6) is 0. The summed E-state index contributed by atoms with van der Waals surface area (Å²) in [6, 6.07) is 0. The smallest absolute Gasteiger partial charge is 0.109 e. The minimum Gasteiger partial charge on any atom is -0.388 e. The number of aliphatic hydroxyl groups excluding tert-OH is 1. The van der Waals surface area contributed by atoms with Crippen LogP contribution in [0.2, 0.25) is 0 Å². The van der Waals surface area contributed by atoms with Gasteiger partial charge in [-0.1, -0.05) is 0 Å². The van der Waals surface area contributed by atoms with Gasteiger partial charge in [0.05, 0.1) is 13.2 Å². The third-order valence-electron chi connectivity index (χ3n) is 1.30. The molecule has 1 N–H and O–H groups in total. The summed E-state index contributed by atoms with van der Waals surface area (Å²) in [6.45, 7) is 0.941. The Hall–Kier alpha value is -0.120. The lowest BCUT2D eigenvalue weighted by Crippen LogP contribution is -2.25. The Labute approximate surface area is 48.2 Å². The molecule has 0 bridgehead atoms. The number of rotatable bonds is 1. The molecule has 8 heavy (non-hydrogen) atoms. The van der Waals surface area contributed by atoms with Gasteiger partial charge in [0.25, 0.3) is 0 Å². The van der Waals surface area contributed by atoms with Crippen LogP contribution in [0, 0.1) is 0 Å². The second-order valence-electron chi connectivity index (χ2n) is 1.88. The molecule has 0 spiro atoms. The Bertz CT molecular complexity index is 74.1. The number of ether oxygens (including phenoxy) is 2. The monoisotopic (exact) mass is 118 g/mol. The highest BCUT2D eigenvalue weighted by Crippen LogP contribution is 2.07. The second-order valence-corrected chi connectivity index (χ2v) is 1.88. The van der Waals surface area contributed by atoms with Crippen molar-refractivity contribution in [1.82, 2.24) is 0 Å². The van der Waals surface area contributed by atoms with Crippen molar-refractivity contribution in [2.75, 3.05) is 20.3 Å². The van der Waals surface area contributed by atoms with Crippen LogP contribution in [0.1, 0.15) is 0 Å².